The van der Waals surface area contributed by atoms with Crippen LogP contribution in [0.15, 0.2) is 17.5 Å². The van der Waals surface area contributed by atoms with E-state index in [1.165, 1.54) is 29.8 Å². The van der Waals surface area contributed by atoms with Gasteiger partial charge in [0.15, 0.2) is 0 Å². The lowest BCUT2D eigenvalue weighted by atomic mass is 9.96. The van der Waals surface area contributed by atoms with Crippen LogP contribution < -0.4 is 5.32 Å². The molecule has 2 aromatic heterocycles. The van der Waals surface area contributed by atoms with Crippen molar-refractivity contribution in [2.75, 3.05) is 7.11 Å². The average molecular weight is 373 g/mol. The third-order valence-corrected chi connectivity index (χ3v) is 5.54. The maximum Gasteiger partial charge on any atom is 0.331 e. The number of aromatic nitrogens is 1. The highest BCUT2D eigenvalue weighted by Gasteiger charge is 2.35. The van der Waals surface area contributed by atoms with Crippen molar-refractivity contribution in [2.45, 2.75) is 32.2 Å². The number of carbonyl (C=O) groups is 2. The topological polar surface area (TPSA) is 68.3 Å². The van der Waals surface area contributed by atoms with Crippen molar-refractivity contribution in [3.8, 4) is 9.88 Å². The Hall–Kier alpha value is -1.44. The van der Waals surface area contributed by atoms with E-state index in [9.17, 15) is 9.59 Å². The molecular weight excluding hydrogens is 356 g/mol. The van der Waals surface area contributed by atoms with Crippen LogP contribution in [0.2, 0.25) is 4.34 Å². The first-order chi connectivity index (χ1) is 10.9. The summed E-state index contributed by atoms with van der Waals surface area (Å²) in [5.41, 5.74) is -0.780. The highest BCUT2D eigenvalue weighted by molar-refractivity contribution is 7.23. The van der Waals surface area contributed by atoms with Crippen molar-refractivity contribution in [1.82, 2.24) is 10.3 Å². The van der Waals surface area contributed by atoms with Crippen LogP contribution in [-0.4, -0.2) is 29.5 Å². The van der Waals surface area contributed by atoms with Crippen molar-refractivity contribution in [3.05, 3.63) is 27.5 Å². The number of methoxy groups -OCH3 is 1. The zero-order chi connectivity index (χ0) is 17.0. The zero-order valence-corrected chi connectivity index (χ0v) is 15.4. The second kappa shape index (κ2) is 7.42. The quantitative estimate of drug-likeness (QED) is 0.778. The molecule has 1 atom stereocenters. The van der Waals surface area contributed by atoms with Gasteiger partial charge < -0.3 is 10.1 Å². The van der Waals surface area contributed by atoms with E-state index in [2.05, 4.69) is 10.3 Å². The van der Waals surface area contributed by atoms with Crippen LogP contribution in [0, 0.1) is 0 Å². The third-order valence-electron chi connectivity index (χ3n) is 3.30. The lowest BCUT2D eigenvalue weighted by Gasteiger charge is -2.27. The van der Waals surface area contributed by atoms with E-state index >= 15 is 0 Å². The number of esters is 1. The van der Waals surface area contributed by atoms with Crippen LogP contribution in [0.4, 0.5) is 0 Å². The number of amides is 1. The number of carbonyl (C=O) groups excluding carboxylic acids is 2. The average Bonchev–Trinajstić information content (AvgIpc) is 3.15. The van der Waals surface area contributed by atoms with Gasteiger partial charge in [-0.05, 0) is 25.5 Å². The number of rotatable bonds is 6. The van der Waals surface area contributed by atoms with Crippen molar-refractivity contribution < 1.29 is 14.3 Å². The van der Waals surface area contributed by atoms with Crippen LogP contribution in [0.3, 0.4) is 0 Å². The molecule has 124 valence electrons. The molecule has 8 heteroatoms. The molecular formula is C15H17ClN2O3S2. The van der Waals surface area contributed by atoms with E-state index in [1.54, 1.807) is 18.4 Å². The maximum atomic E-state index is 12.4. The first-order valence-corrected chi connectivity index (χ1v) is 9.09. The number of thiazole rings is 1. The molecule has 5 nitrogen and oxygen atoms in total. The highest BCUT2D eigenvalue weighted by atomic mass is 35.5. The van der Waals surface area contributed by atoms with Crippen LogP contribution >= 0.6 is 34.3 Å². The molecule has 0 aromatic carbocycles. The molecule has 0 aliphatic heterocycles. The molecule has 1 N–H and O–H groups in total. The van der Waals surface area contributed by atoms with E-state index in [0.29, 0.717) is 10.8 Å². The van der Waals surface area contributed by atoms with Gasteiger partial charge in [0.05, 0.1) is 16.3 Å². The minimum Gasteiger partial charge on any atom is -0.467 e. The summed E-state index contributed by atoms with van der Waals surface area (Å²) in [6.45, 7) is 3.60. The first kappa shape index (κ1) is 17.9. The van der Waals surface area contributed by atoms with Gasteiger partial charge in [-0.25, -0.2) is 9.78 Å². The second-order valence-corrected chi connectivity index (χ2v) is 7.74. The van der Waals surface area contributed by atoms with Crippen molar-refractivity contribution in [3.63, 3.8) is 0 Å². The Bertz CT molecular complexity index is 713. The number of halogens is 1. The molecule has 23 heavy (non-hydrogen) atoms. The molecule has 0 saturated heterocycles. The van der Waals surface area contributed by atoms with E-state index in [1.807, 2.05) is 13.0 Å². The van der Waals surface area contributed by atoms with Crippen molar-refractivity contribution >= 4 is 46.2 Å². The first-order valence-electron chi connectivity index (χ1n) is 7.01. The molecule has 2 aromatic rings. The minimum atomic E-state index is -1.06. The van der Waals surface area contributed by atoms with Crippen LogP contribution in [-0.2, 0) is 9.53 Å². The SMILES string of the molecule is CCCC(C)(NC(=O)c1csc(-c2ccc(Cl)s2)n1)C(=O)OC. The van der Waals surface area contributed by atoms with Gasteiger partial charge in [0.2, 0.25) is 0 Å². The normalized spacial score (nSPS) is 13.4. The lowest BCUT2D eigenvalue weighted by molar-refractivity contribution is -0.147. The summed E-state index contributed by atoms with van der Waals surface area (Å²) >= 11 is 8.68. The molecule has 0 aliphatic carbocycles. The molecule has 0 bridgehead atoms. The number of hydrogen-bond acceptors (Lipinski definition) is 6. The van der Waals surface area contributed by atoms with Gasteiger partial charge in [0, 0.05) is 5.38 Å². The fourth-order valence-electron chi connectivity index (χ4n) is 2.18. The number of hydrogen-bond donors (Lipinski definition) is 1. The summed E-state index contributed by atoms with van der Waals surface area (Å²) in [7, 11) is 1.31. The molecule has 2 rings (SSSR count). The van der Waals surface area contributed by atoms with Crippen LogP contribution in [0.5, 0.6) is 0 Å². The lowest BCUT2D eigenvalue weighted by Crippen LogP contribution is -2.52. The molecule has 0 spiro atoms. The predicted octanol–water partition coefficient (Wildman–Crippen LogP) is 3.99. The Morgan fingerprint density at radius 3 is 2.74 bits per heavy atom. The summed E-state index contributed by atoms with van der Waals surface area (Å²) in [6.07, 6.45) is 1.23. The summed E-state index contributed by atoms with van der Waals surface area (Å²) in [5, 5.41) is 5.13. The summed E-state index contributed by atoms with van der Waals surface area (Å²) in [6, 6.07) is 3.65. The standard InChI is InChI=1S/C15H17ClN2O3S2/c1-4-7-15(2,14(20)21-3)18-12(19)9-8-22-13(17-9)10-5-6-11(16)23-10/h5-6,8H,4,7H2,1-3H3,(H,18,19). The Labute approximate surface area is 147 Å². The summed E-state index contributed by atoms with van der Waals surface area (Å²) < 4.78 is 5.47. The van der Waals surface area contributed by atoms with Crippen molar-refractivity contribution in [1.29, 1.82) is 0 Å². The number of nitrogens with zero attached hydrogens (tertiary/aromatic N) is 1. The Morgan fingerprint density at radius 2 is 2.17 bits per heavy atom. The Morgan fingerprint density at radius 1 is 1.43 bits per heavy atom. The molecule has 2 heterocycles. The van der Waals surface area contributed by atoms with Gasteiger partial charge in [0.1, 0.15) is 16.2 Å². The van der Waals surface area contributed by atoms with Crippen molar-refractivity contribution in [2.24, 2.45) is 0 Å². The number of nitrogens with one attached hydrogen (secondary N) is 1. The van der Waals surface area contributed by atoms with Gasteiger partial charge in [-0.1, -0.05) is 24.9 Å². The van der Waals surface area contributed by atoms with Gasteiger partial charge in [-0.15, -0.1) is 22.7 Å². The Kier molecular flexibility index (Phi) is 5.78. The van der Waals surface area contributed by atoms with E-state index in [4.69, 9.17) is 16.3 Å². The molecule has 1 amide bonds. The van der Waals surface area contributed by atoms with Gasteiger partial charge in [-0.3, -0.25) is 4.79 Å². The van der Waals surface area contributed by atoms with E-state index in [0.717, 1.165) is 16.3 Å². The monoisotopic (exact) mass is 372 g/mol. The highest BCUT2D eigenvalue weighted by Crippen LogP contribution is 2.33. The molecule has 0 fully saturated rings. The number of thiophene rings is 1. The summed E-state index contributed by atoms with van der Waals surface area (Å²) in [5.74, 6) is -0.857. The fraction of sp³-hybridized carbons (Fsp3) is 0.400. The van der Waals surface area contributed by atoms with E-state index in [-0.39, 0.29) is 5.69 Å². The van der Waals surface area contributed by atoms with E-state index < -0.39 is 17.4 Å². The van der Waals surface area contributed by atoms with Crippen LogP contribution in [0.1, 0.15) is 37.2 Å². The second-order valence-electron chi connectivity index (χ2n) is 5.17. The zero-order valence-electron chi connectivity index (χ0n) is 13.0. The predicted molar refractivity (Wildman–Crippen MR) is 93.2 cm³/mol. The molecule has 0 aliphatic rings. The van der Waals surface area contributed by atoms with Crippen LogP contribution in [0.25, 0.3) is 9.88 Å². The third kappa shape index (κ3) is 4.10. The molecule has 0 radical (unpaired) electrons. The van der Waals surface area contributed by atoms with Gasteiger partial charge >= 0.3 is 5.97 Å². The van der Waals surface area contributed by atoms with Gasteiger partial charge in [0.25, 0.3) is 5.91 Å². The minimum absolute atomic E-state index is 0.278. The number of ether oxygens (including phenoxy) is 1. The fourth-order valence-corrected chi connectivity index (χ4v) is 4.09. The largest absolute Gasteiger partial charge is 0.467 e. The summed E-state index contributed by atoms with van der Waals surface area (Å²) in [4.78, 5) is 29.6. The molecule has 1 unspecified atom stereocenters. The smallest absolute Gasteiger partial charge is 0.331 e. The maximum absolute atomic E-state index is 12.4. The molecule has 0 saturated carbocycles. The van der Waals surface area contributed by atoms with Gasteiger partial charge in [-0.2, -0.15) is 0 Å². The Balaban J connectivity index is 2.17.